The van der Waals surface area contributed by atoms with Crippen molar-refractivity contribution in [3.05, 3.63) is 58.5 Å². The quantitative estimate of drug-likeness (QED) is 0.665. The van der Waals surface area contributed by atoms with Crippen LogP contribution in [0, 0.1) is 5.92 Å². The molecule has 0 amide bonds. The van der Waals surface area contributed by atoms with Crippen LogP contribution >= 0.6 is 27.5 Å². The van der Waals surface area contributed by atoms with Gasteiger partial charge in [0.15, 0.2) is 5.22 Å². The van der Waals surface area contributed by atoms with E-state index in [9.17, 15) is 0 Å². The van der Waals surface area contributed by atoms with Gasteiger partial charge >= 0.3 is 0 Å². The van der Waals surface area contributed by atoms with Gasteiger partial charge in [0, 0.05) is 0 Å². The molecule has 0 saturated heterocycles. The summed E-state index contributed by atoms with van der Waals surface area (Å²) in [5, 5.41) is 0.422. The van der Waals surface area contributed by atoms with Gasteiger partial charge in [0.05, 0.1) is 4.83 Å². The van der Waals surface area contributed by atoms with Gasteiger partial charge in [-0.15, -0.1) is 0 Å². The van der Waals surface area contributed by atoms with Crippen molar-refractivity contribution in [2.45, 2.75) is 25.1 Å². The predicted octanol–water partition coefficient (Wildman–Crippen LogP) is 5.62. The van der Waals surface area contributed by atoms with E-state index in [2.05, 4.69) is 54.0 Å². The third-order valence-electron chi connectivity index (χ3n) is 2.76. The standard InChI is InChI=1S/C15H16BrClO/c1-10(2)9-11-3-5-12(6-4-11)15(16)13-7-8-14(17)18-13/h3-8,10,15H,9H2,1-2H3. The van der Waals surface area contributed by atoms with Gasteiger partial charge in [-0.2, -0.15) is 0 Å². The molecule has 0 fully saturated rings. The lowest BCUT2D eigenvalue weighted by Crippen LogP contribution is -1.95. The first-order valence-corrected chi connectivity index (χ1v) is 7.33. The number of hydrogen-bond donors (Lipinski definition) is 0. The van der Waals surface area contributed by atoms with Crippen molar-refractivity contribution < 1.29 is 4.42 Å². The first kappa shape index (κ1) is 13.7. The van der Waals surface area contributed by atoms with E-state index >= 15 is 0 Å². The van der Waals surface area contributed by atoms with Crippen molar-refractivity contribution in [3.8, 4) is 0 Å². The lowest BCUT2D eigenvalue weighted by atomic mass is 10.0. The zero-order chi connectivity index (χ0) is 13.1. The maximum absolute atomic E-state index is 5.79. The van der Waals surface area contributed by atoms with Gasteiger partial charge < -0.3 is 4.42 Å². The molecule has 1 aromatic heterocycles. The van der Waals surface area contributed by atoms with E-state index in [-0.39, 0.29) is 4.83 Å². The molecule has 2 aromatic rings. The van der Waals surface area contributed by atoms with Crippen LogP contribution in [0.25, 0.3) is 0 Å². The molecule has 0 radical (unpaired) electrons. The molecule has 18 heavy (non-hydrogen) atoms. The van der Waals surface area contributed by atoms with Gasteiger partial charge in [-0.05, 0) is 47.2 Å². The second-order valence-corrected chi connectivity index (χ2v) is 6.13. The highest BCUT2D eigenvalue weighted by Crippen LogP contribution is 2.33. The summed E-state index contributed by atoms with van der Waals surface area (Å²) in [5.41, 5.74) is 2.54. The van der Waals surface area contributed by atoms with Gasteiger partial charge in [-0.3, -0.25) is 0 Å². The van der Waals surface area contributed by atoms with E-state index < -0.39 is 0 Å². The van der Waals surface area contributed by atoms with Crippen molar-refractivity contribution in [1.29, 1.82) is 0 Å². The highest BCUT2D eigenvalue weighted by Gasteiger charge is 2.14. The average molecular weight is 328 g/mol. The van der Waals surface area contributed by atoms with Crippen LogP contribution in [0.15, 0.2) is 40.8 Å². The number of alkyl halides is 1. The number of rotatable bonds is 4. The Morgan fingerprint density at radius 2 is 1.78 bits per heavy atom. The SMILES string of the molecule is CC(C)Cc1ccc(C(Br)c2ccc(Cl)o2)cc1. The fraction of sp³-hybridized carbons (Fsp3) is 0.333. The van der Waals surface area contributed by atoms with Crippen LogP contribution in [-0.2, 0) is 6.42 Å². The summed E-state index contributed by atoms with van der Waals surface area (Å²) in [6.07, 6.45) is 1.11. The summed E-state index contributed by atoms with van der Waals surface area (Å²) >= 11 is 9.42. The van der Waals surface area contributed by atoms with Gasteiger partial charge in [0.2, 0.25) is 0 Å². The molecule has 0 bridgehead atoms. The minimum absolute atomic E-state index is 0.0538. The van der Waals surface area contributed by atoms with Gasteiger partial charge in [0.1, 0.15) is 5.76 Å². The van der Waals surface area contributed by atoms with Gasteiger partial charge in [-0.1, -0.05) is 54.0 Å². The zero-order valence-electron chi connectivity index (χ0n) is 10.5. The van der Waals surface area contributed by atoms with Crippen molar-refractivity contribution in [2.75, 3.05) is 0 Å². The third-order valence-corrected chi connectivity index (χ3v) is 3.94. The van der Waals surface area contributed by atoms with Crippen LogP contribution in [-0.4, -0.2) is 0 Å². The molecular formula is C15H16BrClO. The second kappa shape index (κ2) is 5.94. The Balaban J connectivity index is 2.14. The molecule has 0 spiro atoms. The second-order valence-electron chi connectivity index (χ2n) is 4.84. The smallest absolute Gasteiger partial charge is 0.193 e. The molecule has 3 heteroatoms. The van der Waals surface area contributed by atoms with Crippen LogP contribution in [0.4, 0.5) is 0 Å². The summed E-state index contributed by atoms with van der Waals surface area (Å²) in [6, 6.07) is 12.3. The molecule has 1 aromatic carbocycles. The molecule has 1 nitrogen and oxygen atoms in total. The summed E-state index contributed by atoms with van der Waals surface area (Å²) in [5.74, 6) is 1.51. The van der Waals surface area contributed by atoms with Gasteiger partial charge in [0.25, 0.3) is 0 Å². The predicted molar refractivity (Wildman–Crippen MR) is 79.5 cm³/mol. The first-order valence-electron chi connectivity index (χ1n) is 6.04. The number of hydrogen-bond acceptors (Lipinski definition) is 1. The summed E-state index contributed by atoms with van der Waals surface area (Å²) in [7, 11) is 0. The first-order chi connectivity index (χ1) is 8.56. The Labute approximate surface area is 121 Å². The average Bonchev–Trinajstić information content (AvgIpc) is 2.75. The fourth-order valence-corrected chi connectivity index (χ4v) is 2.63. The van der Waals surface area contributed by atoms with Crippen LogP contribution in [0.2, 0.25) is 5.22 Å². The van der Waals surface area contributed by atoms with Crippen molar-refractivity contribution in [2.24, 2.45) is 5.92 Å². The van der Waals surface area contributed by atoms with Crippen molar-refractivity contribution in [1.82, 2.24) is 0 Å². The molecule has 1 unspecified atom stereocenters. The minimum Gasteiger partial charge on any atom is -0.448 e. The Morgan fingerprint density at radius 1 is 1.11 bits per heavy atom. The maximum atomic E-state index is 5.79. The van der Waals surface area contributed by atoms with E-state index in [4.69, 9.17) is 16.0 Å². The minimum atomic E-state index is 0.0538. The molecule has 2 rings (SSSR count). The highest BCUT2D eigenvalue weighted by molar-refractivity contribution is 9.09. The van der Waals surface area contributed by atoms with Crippen LogP contribution in [0.3, 0.4) is 0 Å². The molecule has 0 N–H and O–H groups in total. The van der Waals surface area contributed by atoms with Gasteiger partial charge in [-0.25, -0.2) is 0 Å². The molecule has 0 aliphatic carbocycles. The molecule has 0 aliphatic rings. The Morgan fingerprint density at radius 3 is 2.28 bits per heavy atom. The van der Waals surface area contributed by atoms with E-state index in [0.717, 1.165) is 12.2 Å². The molecule has 0 aliphatic heterocycles. The van der Waals surface area contributed by atoms with Crippen molar-refractivity contribution in [3.63, 3.8) is 0 Å². The van der Waals surface area contributed by atoms with E-state index in [1.54, 1.807) is 6.07 Å². The van der Waals surface area contributed by atoms with E-state index in [1.165, 1.54) is 11.1 Å². The summed E-state index contributed by atoms with van der Waals surface area (Å²) < 4.78 is 5.41. The summed E-state index contributed by atoms with van der Waals surface area (Å²) in [6.45, 7) is 4.46. The Kier molecular flexibility index (Phi) is 4.52. The molecule has 0 saturated carbocycles. The van der Waals surface area contributed by atoms with E-state index in [0.29, 0.717) is 11.1 Å². The van der Waals surface area contributed by atoms with E-state index in [1.807, 2.05) is 6.07 Å². The number of benzene rings is 1. The maximum Gasteiger partial charge on any atom is 0.193 e. The molecule has 1 atom stereocenters. The third kappa shape index (κ3) is 3.39. The largest absolute Gasteiger partial charge is 0.448 e. The normalized spacial score (nSPS) is 12.9. The molecular weight excluding hydrogens is 312 g/mol. The van der Waals surface area contributed by atoms with Crippen LogP contribution < -0.4 is 0 Å². The Bertz CT molecular complexity index is 501. The lowest BCUT2D eigenvalue weighted by molar-refractivity contribution is 0.521. The van der Waals surface area contributed by atoms with Crippen LogP contribution in [0.5, 0.6) is 0 Å². The van der Waals surface area contributed by atoms with Crippen molar-refractivity contribution >= 4 is 27.5 Å². The topological polar surface area (TPSA) is 13.1 Å². The monoisotopic (exact) mass is 326 g/mol. The van der Waals surface area contributed by atoms with Crippen LogP contribution in [0.1, 0.15) is 35.6 Å². The fourth-order valence-electron chi connectivity index (χ4n) is 1.92. The Hall–Kier alpha value is -0.730. The summed E-state index contributed by atoms with van der Waals surface area (Å²) in [4.78, 5) is 0.0538. The molecule has 1 heterocycles. The highest BCUT2D eigenvalue weighted by atomic mass is 79.9. The molecule has 96 valence electrons. The lowest BCUT2D eigenvalue weighted by Gasteiger charge is -2.09. The number of halogens is 2. The number of furan rings is 1. The zero-order valence-corrected chi connectivity index (χ0v) is 12.8.